The minimum Gasteiger partial charge on any atom is -1.00 e. The molecule has 124 valence electrons. The molecule has 0 spiro atoms. The molecule has 6 heteroatoms. The van der Waals surface area contributed by atoms with Crippen LogP contribution < -0.4 is 33.6 Å². The summed E-state index contributed by atoms with van der Waals surface area (Å²) in [5.74, 6) is 1.34. The first kappa shape index (κ1) is 21.1. The maximum absolute atomic E-state index is 12.6. The molecule has 0 aliphatic heterocycles. The van der Waals surface area contributed by atoms with Gasteiger partial charge < -0.3 is 10.9 Å². The Morgan fingerprint density at radius 2 is 2.04 bits per heavy atom. The van der Waals surface area contributed by atoms with E-state index in [9.17, 15) is 4.79 Å². The third-order valence-electron chi connectivity index (χ3n) is 3.34. The molecule has 0 saturated heterocycles. The molecule has 0 aliphatic rings. The van der Waals surface area contributed by atoms with Crippen molar-refractivity contribution in [1.82, 2.24) is 0 Å². The van der Waals surface area contributed by atoms with Gasteiger partial charge in [-0.3, -0.25) is 4.79 Å². The molecule has 2 aromatic carbocycles. The van der Waals surface area contributed by atoms with Crippen LogP contribution in [0.1, 0.15) is 30.7 Å². The van der Waals surface area contributed by atoms with Crippen LogP contribution in [0.4, 0.5) is 0 Å². The van der Waals surface area contributed by atoms with Crippen LogP contribution in [-0.4, -0.2) is 19.2 Å². The Labute approximate surface area is 163 Å². The number of rotatable bonds is 7. The van der Waals surface area contributed by atoms with Gasteiger partial charge in [-0.25, -0.2) is 0 Å². The Bertz CT molecular complexity index is 713. The molecule has 24 heavy (non-hydrogen) atoms. The van der Waals surface area contributed by atoms with Crippen molar-refractivity contribution in [3.8, 4) is 11.5 Å². The minimum absolute atomic E-state index is 0. The Morgan fingerprint density at radius 1 is 1.29 bits per heavy atom. The SMILES string of the molecule is CCCOc1ccc(PC(=O)c2c(Cl)cccc2OC)c(C)c1.[H-].[Li+]. The molecular weight excluding hydrogens is 338 g/mol. The van der Waals surface area contributed by atoms with Gasteiger partial charge in [0.1, 0.15) is 11.5 Å². The van der Waals surface area contributed by atoms with E-state index in [0.717, 1.165) is 23.0 Å². The second-order valence-corrected chi connectivity index (χ2v) is 6.75. The maximum Gasteiger partial charge on any atom is 1.00 e. The summed E-state index contributed by atoms with van der Waals surface area (Å²) in [7, 11) is 1.53. The fraction of sp³-hybridized carbons (Fsp3) is 0.278. The van der Waals surface area contributed by atoms with Crippen molar-refractivity contribution in [2.24, 2.45) is 0 Å². The van der Waals surface area contributed by atoms with Crippen molar-refractivity contribution in [1.29, 1.82) is 0 Å². The fourth-order valence-corrected chi connectivity index (χ4v) is 3.56. The van der Waals surface area contributed by atoms with E-state index in [1.165, 1.54) is 7.11 Å². The van der Waals surface area contributed by atoms with Gasteiger partial charge in [-0.1, -0.05) is 30.7 Å². The summed E-state index contributed by atoms with van der Waals surface area (Å²) in [6.45, 7) is 4.74. The molecule has 0 aromatic heterocycles. The van der Waals surface area contributed by atoms with Gasteiger partial charge in [0.25, 0.3) is 0 Å². The van der Waals surface area contributed by atoms with Crippen LogP contribution in [0.25, 0.3) is 0 Å². The number of halogens is 1. The number of benzene rings is 2. The zero-order valence-corrected chi connectivity index (χ0v) is 16.2. The number of aryl methyl sites for hydroxylation is 1. The summed E-state index contributed by atoms with van der Waals surface area (Å²) in [5.41, 5.74) is 1.45. The molecule has 0 aliphatic carbocycles. The van der Waals surface area contributed by atoms with E-state index in [1.54, 1.807) is 18.2 Å². The Kier molecular flexibility index (Phi) is 8.88. The quantitative estimate of drug-likeness (QED) is 0.558. The second kappa shape index (κ2) is 10.1. The standard InChI is InChI=1S/C18H20ClO3P.Li.H/c1-4-10-22-13-8-9-16(12(2)11-13)23-18(20)17-14(19)6-5-7-15(17)21-3;;/h5-9,11,23H,4,10H2,1-3H3;;/q;+1;-1. The van der Waals surface area contributed by atoms with E-state index >= 15 is 0 Å². The van der Waals surface area contributed by atoms with Gasteiger partial charge in [-0.2, -0.15) is 0 Å². The van der Waals surface area contributed by atoms with E-state index in [-0.39, 0.29) is 34.4 Å². The van der Waals surface area contributed by atoms with Crippen molar-refractivity contribution in [3.63, 3.8) is 0 Å². The van der Waals surface area contributed by atoms with E-state index < -0.39 is 0 Å². The topological polar surface area (TPSA) is 35.5 Å². The van der Waals surface area contributed by atoms with Crippen LogP contribution in [0, 0.1) is 6.92 Å². The maximum atomic E-state index is 12.6. The van der Waals surface area contributed by atoms with Crippen molar-refractivity contribution in [2.75, 3.05) is 13.7 Å². The predicted octanol–water partition coefficient (Wildman–Crippen LogP) is 1.71. The number of ether oxygens (including phenoxy) is 2. The third-order valence-corrected chi connectivity index (χ3v) is 4.96. The van der Waals surface area contributed by atoms with Gasteiger partial charge in [0, 0.05) is 0 Å². The summed E-state index contributed by atoms with van der Waals surface area (Å²) in [6, 6.07) is 11.0. The molecule has 1 unspecified atom stereocenters. The van der Waals surface area contributed by atoms with Crippen LogP contribution in [0.2, 0.25) is 5.02 Å². The summed E-state index contributed by atoms with van der Waals surface area (Å²) in [5, 5.41) is 1.41. The Balaban J connectivity index is 0.00000288. The third kappa shape index (κ3) is 5.26. The summed E-state index contributed by atoms with van der Waals surface area (Å²) in [4.78, 5) is 12.6. The average molecular weight is 359 g/mol. The molecule has 2 aromatic rings. The smallest absolute Gasteiger partial charge is 1.00 e. The normalized spacial score (nSPS) is 10.5. The van der Waals surface area contributed by atoms with Crippen LogP contribution in [-0.2, 0) is 0 Å². The molecule has 0 heterocycles. The summed E-state index contributed by atoms with van der Waals surface area (Å²) < 4.78 is 10.9. The van der Waals surface area contributed by atoms with Gasteiger partial charge in [0.2, 0.25) is 0 Å². The zero-order valence-electron chi connectivity index (χ0n) is 15.5. The van der Waals surface area contributed by atoms with E-state index in [1.807, 2.05) is 25.1 Å². The molecule has 0 bridgehead atoms. The molecule has 2 rings (SSSR count). The van der Waals surface area contributed by atoms with Crippen LogP contribution in [0.15, 0.2) is 36.4 Å². The van der Waals surface area contributed by atoms with Gasteiger partial charge in [0.15, 0.2) is 5.52 Å². The van der Waals surface area contributed by atoms with Crippen molar-refractivity contribution in [3.05, 3.63) is 52.5 Å². The van der Waals surface area contributed by atoms with Gasteiger partial charge in [-0.05, 0) is 57.1 Å². The van der Waals surface area contributed by atoms with Gasteiger partial charge >= 0.3 is 18.9 Å². The molecule has 3 nitrogen and oxygen atoms in total. The molecular formula is C18H21ClLiO3P. The Morgan fingerprint density at radius 3 is 2.67 bits per heavy atom. The summed E-state index contributed by atoms with van der Waals surface area (Å²) >= 11 is 6.18. The average Bonchev–Trinajstić information content (AvgIpc) is 2.54. The monoisotopic (exact) mass is 358 g/mol. The Hall–Kier alpha value is -0.973. The fourth-order valence-electron chi connectivity index (χ4n) is 2.17. The van der Waals surface area contributed by atoms with E-state index in [4.69, 9.17) is 21.1 Å². The second-order valence-electron chi connectivity index (χ2n) is 5.10. The van der Waals surface area contributed by atoms with Crippen molar-refractivity contribution < 1.29 is 34.6 Å². The molecule has 1 atom stereocenters. The van der Waals surface area contributed by atoms with Crippen molar-refractivity contribution in [2.45, 2.75) is 20.3 Å². The predicted molar refractivity (Wildman–Crippen MR) is 98.4 cm³/mol. The molecule has 0 saturated carbocycles. The number of carbonyl (C=O) groups excluding carboxylic acids is 1. The molecule has 0 amide bonds. The van der Waals surface area contributed by atoms with Gasteiger partial charge in [0.05, 0.1) is 24.3 Å². The number of methoxy groups -OCH3 is 1. The number of hydrogen-bond donors (Lipinski definition) is 0. The van der Waals surface area contributed by atoms with E-state index in [0.29, 0.717) is 22.9 Å². The zero-order chi connectivity index (χ0) is 16.8. The number of carbonyl (C=O) groups is 1. The van der Waals surface area contributed by atoms with Crippen molar-refractivity contribution >= 4 is 31.0 Å². The first-order chi connectivity index (χ1) is 11.1. The van der Waals surface area contributed by atoms with Crippen LogP contribution in [0.5, 0.6) is 11.5 Å². The first-order valence-electron chi connectivity index (χ1n) is 7.44. The molecule has 0 fully saturated rings. The van der Waals surface area contributed by atoms with Crippen LogP contribution in [0.3, 0.4) is 0 Å². The number of hydrogen-bond acceptors (Lipinski definition) is 3. The first-order valence-corrected chi connectivity index (χ1v) is 8.82. The summed E-state index contributed by atoms with van der Waals surface area (Å²) in [6.07, 6.45) is 0.966. The van der Waals surface area contributed by atoms with E-state index in [2.05, 4.69) is 6.92 Å². The minimum atomic E-state index is -0.0298. The largest absolute Gasteiger partial charge is 1.00 e. The van der Waals surface area contributed by atoms with Crippen LogP contribution >= 0.6 is 20.2 Å². The molecule has 0 N–H and O–H groups in total. The van der Waals surface area contributed by atoms with Gasteiger partial charge in [-0.15, -0.1) is 0 Å². The molecule has 0 radical (unpaired) electrons.